The zero-order valence-corrected chi connectivity index (χ0v) is 12.9. The lowest BCUT2D eigenvalue weighted by atomic mass is 9.99. The molecule has 0 saturated carbocycles. The Kier molecular flexibility index (Phi) is 4.92. The number of hydrogen-bond acceptors (Lipinski definition) is 3. The maximum atomic E-state index is 12.8. The van der Waals surface area contributed by atoms with Gasteiger partial charge in [-0.1, -0.05) is 29.8 Å². The molecule has 0 spiro atoms. The third kappa shape index (κ3) is 4.23. The van der Waals surface area contributed by atoms with Crippen molar-refractivity contribution in [1.82, 2.24) is 0 Å². The van der Waals surface area contributed by atoms with E-state index >= 15 is 0 Å². The Bertz CT molecular complexity index is 855. The summed E-state index contributed by atoms with van der Waals surface area (Å²) >= 11 is 0. The first-order valence-corrected chi connectivity index (χ1v) is 6.97. The number of nitro benzene ring substituents is 1. The first-order valence-electron chi connectivity index (χ1n) is 6.97. The van der Waals surface area contributed by atoms with E-state index in [9.17, 15) is 33.2 Å². The Hall–Kier alpha value is -3.16. The number of aliphatic carboxylic acids is 1. The molecule has 8 heteroatoms. The molecule has 0 fully saturated rings. The molecule has 0 radical (unpaired) electrons. The number of alkyl halides is 3. The van der Waals surface area contributed by atoms with Crippen LogP contribution < -0.4 is 0 Å². The molecule has 0 bridgehead atoms. The van der Waals surface area contributed by atoms with E-state index < -0.39 is 39.5 Å². The van der Waals surface area contributed by atoms with Crippen molar-refractivity contribution in [2.45, 2.75) is 13.1 Å². The van der Waals surface area contributed by atoms with E-state index in [0.717, 1.165) is 11.6 Å². The predicted molar refractivity (Wildman–Crippen MR) is 84.8 cm³/mol. The van der Waals surface area contributed by atoms with E-state index in [4.69, 9.17) is 0 Å². The number of rotatable bonds is 4. The van der Waals surface area contributed by atoms with Gasteiger partial charge < -0.3 is 5.11 Å². The Labute approximate surface area is 140 Å². The number of carboxylic acids is 1. The minimum atomic E-state index is -4.77. The van der Waals surface area contributed by atoms with Gasteiger partial charge in [0.2, 0.25) is 0 Å². The second-order valence-electron chi connectivity index (χ2n) is 5.26. The molecule has 130 valence electrons. The standard InChI is InChI=1S/C17H12F3NO4/c1-10-2-4-11(5-3-10)8-14(16(22)23)13-7-6-12(17(18,19)20)9-15(13)21(24)25/h2-9H,1H3,(H,22,23)/b14-8-. The summed E-state index contributed by atoms with van der Waals surface area (Å²) in [4.78, 5) is 21.6. The van der Waals surface area contributed by atoms with Crippen LogP contribution >= 0.6 is 0 Å². The van der Waals surface area contributed by atoms with Crippen LogP contribution in [0.1, 0.15) is 22.3 Å². The molecule has 5 nitrogen and oxygen atoms in total. The molecule has 0 heterocycles. The molecule has 0 amide bonds. The first-order chi connectivity index (χ1) is 11.6. The number of hydrogen-bond donors (Lipinski definition) is 1. The van der Waals surface area contributed by atoms with Gasteiger partial charge in [0.25, 0.3) is 5.69 Å². The van der Waals surface area contributed by atoms with Gasteiger partial charge >= 0.3 is 12.1 Å². The summed E-state index contributed by atoms with van der Waals surface area (Å²) in [7, 11) is 0. The molecule has 0 aliphatic rings. The highest BCUT2D eigenvalue weighted by Gasteiger charge is 2.34. The van der Waals surface area contributed by atoms with E-state index in [2.05, 4.69) is 0 Å². The molecule has 0 aliphatic heterocycles. The van der Waals surface area contributed by atoms with Crippen LogP contribution in [0.3, 0.4) is 0 Å². The van der Waals surface area contributed by atoms with Gasteiger partial charge in [-0.15, -0.1) is 0 Å². The summed E-state index contributed by atoms with van der Waals surface area (Å²) in [5.41, 5.74) is -1.62. The van der Waals surface area contributed by atoms with Crippen LogP contribution in [0.15, 0.2) is 42.5 Å². The summed E-state index contributed by atoms with van der Waals surface area (Å²) in [6, 6.07) is 8.39. The van der Waals surface area contributed by atoms with Crippen LogP contribution in [-0.2, 0) is 11.0 Å². The van der Waals surface area contributed by atoms with Crippen molar-refractivity contribution < 1.29 is 28.0 Å². The molecule has 1 N–H and O–H groups in total. The molecule has 0 saturated heterocycles. The largest absolute Gasteiger partial charge is 0.478 e. The normalized spacial score (nSPS) is 12.1. The van der Waals surface area contributed by atoms with E-state index in [0.29, 0.717) is 17.7 Å². The van der Waals surface area contributed by atoms with Crippen molar-refractivity contribution in [3.8, 4) is 0 Å². The van der Waals surface area contributed by atoms with Gasteiger partial charge in [-0.2, -0.15) is 13.2 Å². The van der Waals surface area contributed by atoms with Crippen LogP contribution in [-0.4, -0.2) is 16.0 Å². The summed E-state index contributed by atoms with van der Waals surface area (Å²) in [6.45, 7) is 1.83. The minimum absolute atomic E-state index is 0.335. The average molecular weight is 351 g/mol. The topological polar surface area (TPSA) is 80.4 Å². The Morgan fingerprint density at radius 1 is 1.16 bits per heavy atom. The molecule has 0 aliphatic carbocycles. The van der Waals surface area contributed by atoms with Crippen molar-refractivity contribution in [2.75, 3.05) is 0 Å². The van der Waals surface area contributed by atoms with Crippen molar-refractivity contribution in [3.05, 3.63) is 74.8 Å². The Balaban J connectivity index is 2.64. The number of carbonyl (C=O) groups is 1. The lowest BCUT2D eigenvalue weighted by molar-refractivity contribution is -0.385. The monoisotopic (exact) mass is 351 g/mol. The molecule has 0 atom stereocenters. The molecule has 2 aromatic carbocycles. The number of halogens is 3. The molecule has 25 heavy (non-hydrogen) atoms. The van der Waals surface area contributed by atoms with Gasteiger partial charge in [0.15, 0.2) is 0 Å². The molecule has 2 rings (SSSR count). The Morgan fingerprint density at radius 2 is 1.76 bits per heavy atom. The summed E-state index contributed by atoms with van der Waals surface area (Å²) in [6.07, 6.45) is -3.59. The van der Waals surface area contributed by atoms with E-state index in [1.807, 2.05) is 6.92 Å². The zero-order chi connectivity index (χ0) is 18.8. The zero-order valence-electron chi connectivity index (χ0n) is 12.9. The lowest BCUT2D eigenvalue weighted by Crippen LogP contribution is -2.08. The molecule has 2 aromatic rings. The van der Waals surface area contributed by atoms with Crippen LogP contribution in [0.5, 0.6) is 0 Å². The number of aryl methyl sites for hydroxylation is 1. The Morgan fingerprint density at radius 3 is 2.24 bits per heavy atom. The summed E-state index contributed by atoms with van der Waals surface area (Å²) in [5, 5.41) is 20.5. The van der Waals surface area contributed by atoms with Crippen LogP contribution in [0.25, 0.3) is 11.6 Å². The smallest absolute Gasteiger partial charge is 0.416 e. The van der Waals surface area contributed by atoms with Crippen LogP contribution in [0.4, 0.5) is 18.9 Å². The molecule has 0 unspecified atom stereocenters. The van der Waals surface area contributed by atoms with Gasteiger partial charge in [-0.05, 0) is 30.7 Å². The van der Waals surface area contributed by atoms with Crippen molar-refractivity contribution in [3.63, 3.8) is 0 Å². The van der Waals surface area contributed by atoms with E-state index in [1.54, 1.807) is 24.3 Å². The molecular formula is C17H12F3NO4. The van der Waals surface area contributed by atoms with Gasteiger partial charge in [0.1, 0.15) is 0 Å². The van der Waals surface area contributed by atoms with Gasteiger partial charge in [0.05, 0.1) is 21.6 Å². The fourth-order valence-corrected chi connectivity index (χ4v) is 2.17. The fourth-order valence-electron chi connectivity index (χ4n) is 2.17. The quantitative estimate of drug-likeness (QED) is 0.379. The van der Waals surface area contributed by atoms with Crippen molar-refractivity contribution >= 4 is 23.3 Å². The number of nitro groups is 1. The third-order valence-electron chi connectivity index (χ3n) is 3.43. The SMILES string of the molecule is Cc1ccc(/C=C(\C(=O)O)c2ccc(C(F)(F)F)cc2[N+](=O)[O-])cc1. The van der Waals surface area contributed by atoms with Crippen molar-refractivity contribution in [2.24, 2.45) is 0 Å². The van der Waals surface area contributed by atoms with E-state index in [1.165, 1.54) is 6.08 Å². The maximum absolute atomic E-state index is 12.8. The number of nitrogens with zero attached hydrogens (tertiary/aromatic N) is 1. The first kappa shape index (κ1) is 18.2. The van der Waals surface area contributed by atoms with Crippen LogP contribution in [0, 0.1) is 17.0 Å². The van der Waals surface area contributed by atoms with E-state index in [-0.39, 0.29) is 0 Å². The third-order valence-corrected chi connectivity index (χ3v) is 3.43. The summed E-state index contributed by atoms with van der Waals surface area (Å²) in [5.74, 6) is -1.48. The van der Waals surface area contributed by atoms with Gasteiger partial charge in [-0.3, -0.25) is 10.1 Å². The second-order valence-corrected chi connectivity index (χ2v) is 5.26. The second kappa shape index (κ2) is 6.76. The predicted octanol–water partition coefficient (Wildman–Crippen LogP) is 4.55. The number of benzene rings is 2. The maximum Gasteiger partial charge on any atom is 0.416 e. The highest BCUT2D eigenvalue weighted by Crippen LogP contribution is 2.35. The summed E-state index contributed by atoms with van der Waals surface area (Å²) < 4.78 is 38.3. The lowest BCUT2D eigenvalue weighted by Gasteiger charge is -2.09. The molecular weight excluding hydrogens is 339 g/mol. The van der Waals surface area contributed by atoms with Gasteiger partial charge in [0, 0.05) is 6.07 Å². The fraction of sp³-hybridized carbons (Fsp3) is 0.118. The van der Waals surface area contributed by atoms with Crippen LogP contribution in [0.2, 0.25) is 0 Å². The van der Waals surface area contributed by atoms with Gasteiger partial charge in [-0.25, -0.2) is 4.79 Å². The van der Waals surface area contributed by atoms with Crippen molar-refractivity contribution in [1.29, 1.82) is 0 Å². The molecule has 0 aromatic heterocycles. The average Bonchev–Trinajstić information content (AvgIpc) is 2.52. The highest BCUT2D eigenvalue weighted by atomic mass is 19.4. The highest BCUT2D eigenvalue weighted by molar-refractivity contribution is 6.21. The minimum Gasteiger partial charge on any atom is -0.478 e. The number of carboxylic acid groups (broad SMARTS) is 1.